The number of amides is 2. The van der Waals surface area contributed by atoms with E-state index in [1.165, 1.54) is 25.3 Å². The molecule has 2 amide bonds. The Morgan fingerprint density at radius 2 is 1.64 bits per heavy atom. The van der Waals surface area contributed by atoms with E-state index < -0.39 is 11.7 Å². The molecule has 0 atom stereocenters. The van der Waals surface area contributed by atoms with Gasteiger partial charge in [-0.15, -0.1) is 0 Å². The van der Waals surface area contributed by atoms with Gasteiger partial charge in [0.2, 0.25) is 0 Å². The fourth-order valence-corrected chi connectivity index (χ4v) is 3.56. The average Bonchev–Trinajstić information content (AvgIpc) is 2.80. The molecule has 2 N–H and O–H groups in total. The van der Waals surface area contributed by atoms with E-state index in [2.05, 4.69) is 36.3 Å². The van der Waals surface area contributed by atoms with Gasteiger partial charge in [-0.3, -0.25) is 9.59 Å². The maximum absolute atomic E-state index is 13.5. The summed E-state index contributed by atoms with van der Waals surface area (Å²) >= 11 is 0. The zero-order valence-electron chi connectivity index (χ0n) is 19.2. The summed E-state index contributed by atoms with van der Waals surface area (Å²) in [4.78, 5) is 27.5. The third-order valence-electron chi connectivity index (χ3n) is 5.22. The molecule has 0 fully saturated rings. The van der Waals surface area contributed by atoms with Crippen molar-refractivity contribution in [3.8, 4) is 5.75 Å². The van der Waals surface area contributed by atoms with E-state index >= 15 is 0 Å². The highest BCUT2D eigenvalue weighted by Gasteiger charge is 2.14. The first-order chi connectivity index (χ1) is 15.8. The van der Waals surface area contributed by atoms with Gasteiger partial charge in [-0.05, 0) is 81.4 Å². The summed E-state index contributed by atoms with van der Waals surface area (Å²) in [6, 6.07) is 18.1. The highest BCUT2D eigenvalue weighted by atomic mass is 19.1. The van der Waals surface area contributed by atoms with Crippen LogP contribution in [0.3, 0.4) is 0 Å². The molecule has 0 bridgehead atoms. The van der Waals surface area contributed by atoms with Crippen molar-refractivity contribution in [1.82, 2.24) is 0 Å². The molecule has 3 rings (SSSR count). The molecule has 0 aliphatic heterocycles. The van der Waals surface area contributed by atoms with Gasteiger partial charge in [-0.2, -0.15) is 0 Å². The summed E-state index contributed by atoms with van der Waals surface area (Å²) < 4.78 is 18.8. The van der Waals surface area contributed by atoms with Crippen LogP contribution >= 0.6 is 0 Å². The summed E-state index contributed by atoms with van der Waals surface area (Å²) in [6.45, 7) is 7.21. The van der Waals surface area contributed by atoms with E-state index in [4.69, 9.17) is 4.74 Å². The zero-order chi connectivity index (χ0) is 24.0. The highest BCUT2D eigenvalue weighted by Crippen LogP contribution is 2.29. The number of methoxy groups -OCH3 is 1. The molecule has 0 spiro atoms. The number of benzene rings is 3. The molecule has 0 saturated heterocycles. The second-order valence-electron chi connectivity index (χ2n) is 7.76. The molecular formula is C26H28FN3O3. The van der Waals surface area contributed by atoms with E-state index in [1.807, 2.05) is 12.1 Å². The first kappa shape index (κ1) is 23.8. The van der Waals surface area contributed by atoms with Crippen molar-refractivity contribution in [3.63, 3.8) is 0 Å². The van der Waals surface area contributed by atoms with Crippen LogP contribution in [0.5, 0.6) is 5.75 Å². The molecule has 0 aliphatic carbocycles. The number of halogens is 1. The highest BCUT2D eigenvalue weighted by molar-refractivity contribution is 6.07. The van der Waals surface area contributed by atoms with E-state index in [0.29, 0.717) is 28.7 Å². The Morgan fingerprint density at radius 1 is 0.939 bits per heavy atom. The second-order valence-corrected chi connectivity index (χ2v) is 7.76. The molecule has 7 heteroatoms. The molecule has 0 aromatic heterocycles. The molecule has 0 aliphatic rings. The van der Waals surface area contributed by atoms with Crippen molar-refractivity contribution in [2.24, 2.45) is 0 Å². The molecule has 33 heavy (non-hydrogen) atoms. The number of rotatable bonds is 8. The lowest BCUT2D eigenvalue weighted by Crippen LogP contribution is -2.30. The lowest BCUT2D eigenvalue weighted by Gasteiger charge is -2.27. The smallest absolute Gasteiger partial charge is 0.255 e. The van der Waals surface area contributed by atoms with Crippen molar-refractivity contribution < 1.29 is 18.7 Å². The summed E-state index contributed by atoms with van der Waals surface area (Å²) in [5, 5.41) is 5.55. The Bertz CT molecular complexity index is 1130. The van der Waals surface area contributed by atoms with Crippen LogP contribution in [0.2, 0.25) is 0 Å². The minimum absolute atomic E-state index is 0.175. The number of carbonyl (C=O) groups is 2. The maximum atomic E-state index is 13.5. The first-order valence-corrected chi connectivity index (χ1v) is 10.8. The van der Waals surface area contributed by atoms with Gasteiger partial charge in [-0.25, -0.2) is 4.39 Å². The number of nitrogens with zero attached hydrogens (tertiary/aromatic N) is 1. The predicted octanol–water partition coefficient (Wildman–Crippen LogP) is 5.57. The molecule has 3 aromatic carbocycles. The van der Waals surface area contributed by atoms with Gasteiger partial charge < -0.3 is 20.3 Å². The van der Waals surface area contributed by atoms with Crippen LogP contribution in [-0.2, 0) is 0 Å². The number of hydrogen-bond acceptors (Lipinski definition) is 4. The average molecular weight is 450 g/mol. The topological polar surface area (TPSA) is 70.7 Å². The molecule has 0 unspecified atom stereocenters. The lowest BCUT2D eigenvalue weighted by atomic mass is 10.1. The Hall–Kier alpha value is -3.87. The molecule has 0 heterocycles. The number of nitrogens with one attached hydrogen (secondary N) is 2. The van der Waals surface area contributed by atoms with Gasteiger partial charge in [0.25, 0.3) is 11.8 Å². The van der Waals surface area contributed by atoms with Crippen molar-refractivity contribution >= 4 is 28.9 Å². The van der Waals surface area contributed by atoms with Crippen LogP contribution in [0.1, 0.15) is 41.5 Å². The number of carbonyl (C=O) groups excluding carboxylic acids is 2. The Morgan fingerprint density at radius 3 is 2.24 bits per heavy atom. The van der Waals surface area contributed by atoms with E-state index in [-0.39, 0.29) is 11.5 Å². The first-order valence-electron chi connectivity index (χ1n) is 10.8. The van der Waals surface area contributed by atoms with Crippen molar-refractivity contribution in [3.05, 3.63) is 83.7 Å². The van der Waals surface area contributed by atoms with Gasteiger partial charge in [0, 0.05) is 35.1 Å². The largest absolute Gasteiger partial charge is 0.495 e. The Labute approximate surface area is 193 Å². The predicted molar refractivity (Wildman–Crippen MR) is 130 cm³/mol. The van der Waals surface area contributed by atoms with Gasteiger partial charge >= 0.3 is 0 Å². The number of hydrogen-bond donors (Lipinski definition) is 2. The minimum Gasteiger partial charge on any atom is -0.495 e. The molecule has 3 aromatic rings. The molecule has 0 radical (unpaired) electrons. The van der Waals surface area contributed by atoms with Crippen LogP contribution in [0.15, 0.2) is 66.7 Å². The quantitative estimate of drug-likeness (QED) is 0.471. The van der Waals surface area contributed by atoms with E-state index in [0.717, 1.165) is 18.3 Å². The summed E-state index contributed by atoms with van der Waals surface area (Å²) in [6.07, 6.45) is 0. The maximum Gasteiger partial charge on any atom is 0.255 e. The SMILES string of the molecule is CCN(c1ccc(C(=O)Nc2ccc(OC)c(NC(=O)c3cccc(F)c3)c2)cc1)C(C)C. The van der Waals surface area contributed by atoms with Crippen LogP contribution in [0.25, 0.3) is 0 Å². The normalized spacial score (nSPS) is 10.6. The van der Waals surface area contributed by atoms with E-state index in [9.17, 15) is 14.0 Å². The third kappa shape index (κ3) is 5.88. The molecular weight excluding hydrogens is 421 g/mol. The summed E-state index contributed by atoms with van der Waals surface area (Å²) in [7, 11) is 1.48. The molecule has 6 nitrogen and oxygen atoms in total. The summed E-state index contributed by atoms with van der Waals surface area (Å²) in [5.74, 6) is -0.855. The molecule has 172 valence electrons. The van der Waals surface area contributed by atoms with Crippen molar-refractivity contribution in [1.29, 1.82) is 0 Å². The van der Waals surface area contributed by atoms with Gasteiger partial charge in [0.05, 0.1) is 12.8 Å². The monoisotopic (exact) mass is 449 g/mol. The fraction of sp³-hybridized carbons (Fsp3) is 0.231. The summed E-state index contributed by atoms with van der Waals surface area (Å²) in [5.41, 5.74) is 2.58. The van der Waals surface area contributed by atoms with Crippen LogP contribution < -0.4 is 20.3 Å². The van der Waals surface area contributed by atoms with Crippen molar-refractivity contribution in [2.45, 2.75) is 26.8 Å². The van der Waals surface area contributed by atoms with Gasteiger partial charge in [-0.1, -0.05) is 6.07 Å². The zero-order valence-corrected chi connectivity index (χ0v) is 19.2. The standard InChI is InChI=1S/C26H28FN3O3/c1-5-30(17(2)3)22-12-9-18(10-13-22)25(31)28-21-11-14-24(33-4)23(16-21)29-26(32)19-7-6-8-20(27)15-19/h6-17H,5H2,1-4H3,(H,28,31)(H,29,32). The fourth-order valence-electron chi connectivity index (χ4n) is 3.56. The van der Waals surface area contributed by atoms with Crippen LogP contribution in [0, 0.1) is 5.82 Å². The molecule has 0 saturated carbocycles. The van der Waals surface area contributed by atoms with Gasteiger partial charge in [0.15, 0.2) is 0 Å². The third-order valence-corrected chi connectivity index (χ3v) is 5.22. The van der Waals surface area contributed by atoms with E-state index in [1.54, 1.807) is 30.3 Å². The second kappa shape index (κ2) is 10.6. The number of anilines is 3. The van der Waals surface area contributed by atoms with Gasteiger partial charge in [0.1, 0.15) is 11.6 Å². The van der Waals surface area contributed by atoms with Crippen molar-refractivity contribution in [2.75, 3.05) is 29.2 Å². The Balaban J connectivity index is 1.76. The Kier molecular flexibility index (Phi) is 7.66. The van der Waals surface area contributed by atoms with Crippen LogP contribution in [0.4, 0.5) is 21.5 Å². The minimum atomic E-state index is -0.503. The van der Waals surface area contributed by atoms with Crippen LogP contribution in [-0.4, -0.2) is 31.5 Å². The lowest BCUT2D eigenvalue weighted by molar-refractivity contribution is 0.101. The number of ether oxygens (including phenoxy) is 1.